The van der Waals surface area contributed by atoms with E-state index in [4.69, 9.17) is 0 Å². The highest BCUT2D eigenvalue weighted by atomic mass is 16.4. The van der Waals surface area contributed by atoms with Gasteiger partial charge in [-0.25, -0.2) is 0 Å². The molecule has 114 valence electrons. The number of hydrogen-bond donors (Lipinski definition) is 1. The lowest BCUT2D eigenvalue weighted by Gasteiger charge is -2.34. The minimum atomic E-state index is -0.818. The third kappa shape index (κ3) is 3.54. The first kappa shape index (κ1) is 15.4. The molecule has 0 spiro atoms. The van der Waals surface area contributed by atoms with Crippen molar-refractivity contribution in [2.24, 2.45) is 11.8 Å². The number of rotatable bonds is 3. The molecule has 1 saturated heterocycles. The summed E-state index contributed by atoms with van der Waals surface area (Å²) in [6.45, 7) is 2.91. The molecule has 2 atom stereocenters. The lowest BCUT2D eigenvalue weighted by atomic mass is 9.90. The highest BCUT2D eigenvalue weighted by molar-refractivity contribution is 5.95. The van der Waals surface area contributed by atoms with Gasteiger partial charge in [-0.2, -0.15) is 0 Å². The third-order valence-electron chi connectivity index (χ3n) is 3.91. The molecule has 0 saturated carbocycles. The van der Waals surface area contributed by atoms with Crippen molar-refractivity contribution in [1.29, 1.82) is 0 Å². The van der Waals surface area contributed by atoms with Crippen molar-refractivity contribution < 1.29 is 14.7 Å². The van der Waals surface area contributed by atoms with Crippen LogP contribution < -0.4 is 4.90 Å². The van der Waals surface area contributed by atoms with Crippen molar-refractivity contribution in [2.45, 2.75) is 13.3 Å². The fraction of sp³-hybridized carbons (Fsp3) is 0.500. The lowest BCUT2D eigenvalue weighted by molar-refractivity contribution is -0.143. The summed E-state index contributed by atoms with van der Waals surface area (Å²) in [5.41, 5.74) is 1.57. The zero-order valence-electron chi connectivity index (χ0n) is 12.7. The number of carbonyl (C=O) groups is 2. The molecule has 1 aromatic carbocycles. The van der Waals surface area contributed by atoms with Crippen LogP contribution >= 0.6 is 0 Å². The van der Waals surface area contributed by atoms with Gasteiger partial charge in [0.1, 0.15) is 0 Å². The molecule has 5 heteroatoms. The smallest absolute Gasteiger partial charge is 0.308 e. The van der Waals surface area contributed by atoms with E-state index in [0.717, 1.165) is 5.69 Å². The molecule has 2 rings (SSSR count). The monoisotopic (exact) mass is 290 g/mol. The molecule has 0 aliphatic carbocycles. The van der Waals surface area contributed by atoms with Crippen molar-refractivity contribution >= 4 is 17.6 Å². The Hall–Kier alpha value is -2.04. The van der Waals surface area contributed by atoms with Gasteiger partial charge in [-0.15, -0.1) is 0 Å². The number of benzene rings is 1. The minimum absolute atomic E-state index is 0.0866. The van der Waals surface area contributed by atoms with E-state index in [1.807, 2.05) is 44.1 Å². The van der Waals surface area contributed by atoms with Crippen molar-refractivity contribution in [2.75, 3.05) is 32.1 Å². The summed E-state index contributed by atoms with van der Waals surface area (Å²) in [6, 6.07) is 7.42. The molecule has 0 aromatic heterocycles. The average Bonchev–Trinajstić information content (AvgIpc) is 2.45. The van der Waals surface area contributed by atoms with Gasteiger partial charge in [0, 0.05) is 38.4 Å². The van der Waals surface area contributed by atoms with Gasteiger partial charge in [-0.3, -0.25) is 9.59 Å². The molecular weight excluding hydrogens is 268 g/mol. The predicted molar refractivity (Wildman–Crippen MR) is 81.6 cm³/mol. The van der Waals surface area contributed by atoms with E-state index in [-0.39, 0.29) is 11.8 Å². The molecular formula is C16H22N2O3. The molecule has 1 aromatic rings. The SMILES string of the molecule is CC1CC(C(=O)O)CN(C(=O)c2cccc(N(C)C)c2)C1. The minimum Gasteiger partial charge on any atom is -0.481 e. The number of aliphatic carboxylic acids is 1. The van der Waals surface area contributed by atoms with Gasteiger partial charge in [0.25, 0.3) is 5.91 Å². The standard InChI is InChI=1S/C16H22N2O3/c1-11-7-13(16(20)21)10-18(9-11)15(19)12-5-4-6-14(8-12)17(2)3/h4-6,8,11,13H,7,9-10H2,1-3H3,(H,20,21). The number of anilines is 1. The summed E-state index contributed by atoms with van der Waals surface area (Å²) in [5.74, 6) is -1.16. The van der Waals surface area contributed by atoms with Gasteiger partial charge < -0.3 is 14.9 Å². The molecule has 1 N–H and O–H groups in total. The summed E-state index contributed by atoms with van der Waals surface area (Å²) in [5, 5.41) is 9.20. The Balaban J connectivity index is 2.19. The van der Waals surface area contributed by atoms with E-state index in [9.17, 15) is 14.7 Å². The Kier molecular flexibility index (Phi) is 4.50. The topological polar surface area (TPSA) is 60.9 Å². The average molecular weight is 290 g/mol. The third-order valence-corrected chi connectivity index (χ3v) is 3.91. The number of hydrogen-bond acceptors (Lipinski definition) is 3. The van der Waals surface area contributed by atoms with E-state index >= 15 is 0 Å². The summed E-state index contributed by atoms with van der Waals surface area (Å²) in [4.78, 5) is 27.4. The first-order valence-electron chi connectivity index (χ1n) is 7.18. The Morgan fingerprint density at radius 2 is 2.00 bits per heavy atom. The number of likely N-dealkylation sites (tertiary alicyclic amines) is 1. The maximum Gasteiger partial charge on any atom is 0.308 e. The van der Waals surface area contributed by atoms with Gasteiger partial charge in [-0.1, -0.05) is 13.0 Å². The Morgan fingerprint density at radius 1 is 1.29 bits per heavy atom. The first-order valence-corrected chi connectivity index (χ1v) is 7.18. The van der Waals surface area contributed by atoms with Crippen LogP contribution in [0.25, 0.3) is 0 Å². The predicted octanol–water partition coefficient (Wildman–Crippen LogP) is 1.94. The van der Waals surface area contributed by atoms with Crippen LogP contribution in [0, 0.1) is 11.8 Å². The second kappa shape index (κ2) is 6.16. The van der Waals surface area contributed by atoms with Crippen molar-refractivity contribution in [3.05, 3.63) is 29.8 Å². The molecule has 1 aliphatic rings. The van der Waals surface area contributed by atoms with Gasteiger partial charge in [-0.05, 0) is 30.5 Å². The molecule has 5 nitrogen and oxygen atoms in total. The lowest BCUT2D eigenvalue weighted by Crippen LogP contribution is -2.45. The Bertz CT molecular complexity index is 542. The van der Waals surface area contributed by atoms with Crippen LogP contribution in [-0.4, -0.2) is 49.1 Å². The highest BCUT2D eigenvalue weighted by Gasteiger charge is 2.32. The van der Waals surface area contributed by atoms with Gasteiger partial charge >= 0.3 is 5.97 Å². The van der Waals surface area contributed by atoms with E-state index in [1.54, 1.807) is 11.0 Å². The van der Waals surface area contributed by atoms with Crippen molar-refractivity contribution in [1.82, 2.24) is 4.90 Å². The largest absolute Gasteiger partial charge is 0.481 e. The second-order valence-corrected chi connectivity index (χ2v) is 6.03. The van der Waals surface area contributed by atoms with E-state index in [2.05, 4.69) is 0 Å². The molecule has 1 amide bonds. The van der Waals surface area contributed by atoms with E-state index < -0.39 is 11.9 Å². The molecule has 21 heavy (non-hydrogen) atoms. The molecule has 0 bridgehead atoms. The van der Waals surface area contributed by atoms with Crippen LogP contribution in [0.4, 0.5) is 5.69 Å². The van der Waals surface area contributed by atoms with Crippen LogP contribution in [0.15, 0.2) is 24.3 Å². The molecule has 1 fully saturated rings. The summed E-state index contributed by atoms with van der Waals surface area (Å²) in [6.07, 6.45) is 0.636. The summed E-state index contributed by atoms with van der Waals surface area (Å²) >= 11 is 0. The van der Waals surface area contributed by atoms with E-state index in [0.29, 0.717) is 25.1 Å². The molecule has 1 heterocycles. The molecule has 2 unspecified atom stereocenters. The van der Waals surface area contributed by atoms with Gasteiger partial charge in [0.05, 0.1) is 5.92 Å². The maximum absolute atomic E-state index is 12.6. The van der Waals surface area contributed by atoms with Gasteiger partial charge in [0.15, 0.2) is 0 Å². The number of carbonyl (C=O) groups excluding carboxylic acids is 1. The number of carboxylic acids is 1. The maximum atomic E-state index is 12.6. The summed E-state index contributed by atoms with van der Waals surface area (Å²) < 4.78 is 0. The van der Waals surface area contributed by atoms with Crippen LogP contribution in [-0.2, 0) is 4.79 Å². The van der Waals surface area contributed by atoms with E-state index in [1.165, 1.54) is 0 Å². The normalized spacial score (nSPS) is 22.0. The quantitative estimate of drug-likeness (QED) is 0.924. The fourth-order valence-electron chi connectivity index (χ4n) is 2.80. The molecule has 0 radical (unpaired) electrons. The van der Waals surface area contributed by atoms with Crippen LogP contribution in [0.5, 0.6) is 0 Å². The first-order chi connectivity index (χ1) is 9.88. The Morgan fingerprint density at radius 3 is 2.62 bits per heavy atom. The second-order valence-electron chi connectivity index (χ2n) is 6.03. The van der Waals surface area contributed by atoms with Crippen molar-refractivity contribution in [3.8, 4) is 0 Å². The number of amides is 1. The number of carboxylic acid groups (broad SMARTS) is 1. The van der Waals surface area contributed by atoms with Crippen LogP contribution in [0.3, 0.4) is 0 Å². The summed E-state index contributed by atoms with van der Waals surface area (Å²) in [7, 11) is 3.85. The fourth-order valence-corrected chi connectivity index (χ4v) is 2.80. The zero-order chi connectivity index (χ0) is 15.6. The van der Waals surface area contributed by atoms with Gasteiger partial charge in [0.2, 0.25) is 0 Å². The highest BCUT2D eigenvalue weighted by Crippen LogP contribution is 2.24. The molecule has 1 aliphatic heterocycles. The Labute approximate surface area is 125 Å². The zero-order valence-corrected chi connectivity index (χ0v) is 12.7. The van der Waals surface area contributed by atoms with Crippen molar-refractivity contribution in [3.63, 3.8) is 0 Å². The van der Waals surface area contributed by atoms with Crippen LogP contribution in [0.2, 0.25) is 0 Å². The number of piperidine rings is 1. The number of nitrogens with zero attached hydrogens (tertiary/aromatic N) is 2. The van der Waals surface area contributed by atoms with Crippen LogP contribution in [0.1, 0.15) is 23.7 Å².